The molecule has 0 saturated carbocycles. The maximum absolute atomic E-state index is 4.63. The molecule has 0 unspecified atom stereocenters. The average molecular weight is 322 g/mol. The highest BCUT2D eigenvalue weighted by atomic mass is 15.0. The van der Waals surface area contributed by atoms with Crippen LogP contribution in [0.25, 0.3) is 49.1 Å². The topological polar surface area (TPSA) is 21.2 Å². The first-order valence-corrected chi connectivity index (χ1v) is 8.56. The molecular formula is C22H16N3+. The fraction of sp³-hybridized carbons (Fsp3) is 0.0909. The van der Waals surface area contributed by atoms with Crippen molar-refractivity contribution in [2.24, 2.45) is 7.05 Å². The van der Waals surface area contributed by atoms with Crippen molar-refractivity contribution in [2.45, 2.75) is 6.92 Å². The van der Waals surface area contributed by atoms with E-state index in [0.717, 1.165) is 5.52 Å². The van der Waals surface area contributed by atoms with E-state index in [0.29, 0.717) is 0 Å². The zero-order chi connectivity index (χ0) is 16.7. The first-order chi connectivity index (χ1) is 12.3. The number of rotatable bonds is 0. The monoisotopic (exact) mass is 322 g/mol. The van der Waals surface area contributed by atoms with E-state index in [1.54, 1.807) is 0 Å². The summed E-state index contributed by atoms with van der Waals surface area (Å²) in [5.41, 5.74) is 7.40. The molecule has 4 heterocycles. The van der Waals surface area contributed by atoms with E-state index >= 15 is 0 Å². The molecule has 0 N–H and O–H groups in total. The third-order valence-electron chi connectivity index (χ3n) is 5.53. The number of hydrogen-bond donors (Lipinski definition) is 0. The van der Waals surface area contributed by atoms with E-state index in [-0.39, 0.29) is 0 Å². The van der Waals surface area contributed by atoms with Crippen molar-refractivity contribution in [3.8, 4) is 0 Å². The van der Waals surface area contributed by atoms with Crippen molar-refractivity contribution >= 4 is 49.1 Å². The fourth-order valence-corrected chi connectivity index (χ4v) is 4.47. The minimum absolute atomic E-state index is 1.05. The highest BCUT2D eigenvalue weighted by molar-refractivity contribution is 6.25. The Balaban J connectivity index is 2.18. The summed E-state index contributed by atoms with van der Waals surface area (Å²) < 4.78 is 4.66. The molecular weight excluding hydrogens is 306 g/mol. The molecule has 4 aromatic heterocycles. The molecule has 0 radical (unpaired) electrons. The fourth-order valence-electron chi connectivity index (χ4n) is 4.47. The van der Waals surface area contributed by atoms with Gasteiger partial charge in [-0.25, -0.2) is 0 Å². The summed E-state index contributed by atoms with van der Waals surface area (Å²) in [5.74, 6) is 0. The highest BCUT2D eigenvalue weighted by Gasteiger charge is 2.23. The number of pyridine rings is 3. The SMILES string of the molecule is Cc1ccc2nccc3c2c1c1c2c(cc[n+]1C)c1ccccc1n32. The lowest BCUT2D eigenvalue weighted by atomic mass is 10.0. The van der Waals surface area contributed by atoms with Crippen molar-refractivity contribution < 1.29 is 4.57 Å². The third kappa shape index (κ3) is 1.43. The Morgan fingerprint density at radius 3 is 2.68 bits per heavy atom. The summed E-state index contributed by atoms with van der Waals surface area (Å²) >= 11 is 0. The number of hydrogen-bond acceptors (Lipinski definition) is 1. The molecule has 0 aliphatic heterocycles. The minimum atomic E-state index is 1.05. The molecule has 0 fully saturated rings. The molecule has 6 aromatic rings. The second-order valence-electron chi connectivity index (χ2n) is 6.87. The quantitative estimate of drug-likeness (QED) is 0.229. The predicted octanol–water partition coefficient (Wildman–Crippen LogP) is 4.52. The van der Waals surface area contributed by atoms with Crippen LogP contribution in [0.2, 0.25) is 0 Å². The van der Waals surface area contributed by atoms with Crippen molar-refractivity contribution in [3.05, 3.63) is 66.5 Å². The van der Waals surface area contributed by atoms with Crippen LogP contribution in [0.3, 0.4) is 0 Å². The molecule has 0 atom stereocenters. The second-order valence-corrected chi connectivity index (χ2v) is 6.87. The lowest BCUT2D eigenvalue weighted by molar-refractivity contribution is -0.644. The van der Waals surface area contributed by atoms with Gasteiger partial charge in [0.1, 0.15) is 12.6 Å². The largest absolute Gasteiger partial charge is 0.303 e. The maximum Gasteiger partial charge on any atom is 0.238 e. The highest BCUT2D eigenvalue weighted by Crippen LogP contribution is 2.39. The summed E-state index contributed by atoms with van der Waals surface area (Å²) in [4.78, 5) is 4.63. The molecule has 6 rings (SSSR count). The average Bonchev–Trinajstić information content (AvgIpc) is 2.97. The van der Waals surface area contributed by atoms with E-state index in [1.807, 2.05) is 6.20 Å². The summed E-state index contributed by atoms with van der Waals surface area (Å²) in [6.07, 6.45) is 4.10. The summed E-state index contributed by atoms with van der Waals surface area (Å²) in [7, 11) is 2.14. The Bertz CT molecular complexity index is 1460. The molecule has 25 heavy (non-hydrogen) atoms. The van der Waals surface area contributed by atoms with Crippen molar-refractivity contribution in [3.63, 3.8) is 0 Å². The summed E-state index contributed by atoms with van der Waals surface area (Å²) in [6.45, 7) is 2.20. The van der Waals surface area contributed by atoms with Gasteiger partial charge in [-0.05, 0) is 30.7 Å². The molecule has 2 aromatic carbocycles. The van der Waals surface area contributed by atoms with Crippen molar-refractivity contribution in [2.75, 3.05) is 0 Å². The van der Waals surface area contributed by atoms with Crippen LogP contribution >= 0.6 is 0 Å². The van der Waals surface area contributed by atoms with Gasteiger partial charge in [0.15, 0.2) is 6.20 Å². The predicted molar refractivity (Wildman–Crippen MR) is 102 cm³/mol. The lowest BCUT2D eigenvalue weighted by Crippen LogP contribution is -2.29. The first-order valence-electron chi connectivity index (χ1n) is 8.56. The smallest absolute Gasteiger partial charge is 0.238 e. The summed E-state index contributed by atoms with van der Waals surface area (Å²) in [5, 5.41) is 5.17. The molecule has 0 bridgehead atoms. The van der Waals surface area contributed by atoms with Gasteiger partial charge in [-0.1, -0.05) is 24.3 Å². The molecule has 3 nitrogen and oxygen atoms in total. The Kier molecular flexibility index (Phi) is 2.23. The van der Waals surface area contributed by atoms with Crippen LogP contribution in [0.1, 0.15) is 5.56 Å². The number of benzene rings is 2. The van der Waals surface area contributed by atoms with E-state index in [9.17, 15) is 0 Å². The van der Waals surface area contributed by atoms with Crippen LogP contribution in [0.5, 0.6) is 0 Å². The minimum Gasteiger partial charge on any atom is -0.303 e. The van der Waals surface area contributed by atoms with Crippen LogP contribution in [-0.4, -0.2) is 9.38 Å². The van der Waals surface area contributed by atoms with Gasteiger partial charge in [-0.15, -0.1) is 0 Å². The van der Waals surface area contributed by atoms with Gasteiger partial charge in [0.2, 0.25) is 5.52 Å². The third-order valence-corrected chi connectivity index (χ3v) is 5.53. The van der Waals surface area contributed by atoms with Crippen LogP contribution in [0.4, 0.5) is 0 Å². The molecule has 0 amide bonds. The molecule has 0 aliphatic carbocycles. The van der Waals surface area contributed by atoms with Crippen LogP contribution in [-0.2, 0) is 7.05 Å². The van der Waals surface area contributed by atoms with Crippen molar-refractivity contribution in [1.82, 2.24) is 9.38 Å². The van der Waals surface area contributed by atoms with Gasteiger partial charge < -0.3 is 4.40 Å². The number of nitrogens with zero attached hydrogens (tertiary/aromatic N) is 3. The zero-order valence-electron chi connectivity index (χ0n) is 14.1. The van der Waals surface area contributed by atoms with Gasteiger partial charge >= 0.3 is 0 Å². The van der Waals surface area contributed by atoms with E-state index in [4.69, 9.17) is 0 Å². The number of aryl methyl sites for hydroxylation is 2. The van der Waals surface area contributed by atoms with Crippen LogP contribution in [0, 0.1) is 6.92 Å². The molecule has 0 saturated heterocycles. The standard InChI is InChI=1S/C22H16N3/c1-13-7-8-16-20-18(9-11-23-16)25-17-6-4-3-5-14(17)15-10-12-24(2)22(19(13)20)21(15)25/h3-12H,1-2H3/q+1. The first kappa shape index (κ1) is 13.1. The van der Waals surface area contributed by atoms with Gasteiger partial charge in [0.25, 0.3) is 0 Å². The van der Waals surface area contributed by atoms with Gasteiger partial charge in [0.05, 0.1) is 21.9 Å². The zero-order valence-corrected chi connectivity index (χ0v) is 14.1. The Hall–Kier alpha value is -3.20. The second kappa shape index (κ2) is 4.25. The van der Waals surface area contributed by atoms with E-state index < -0.39 is 0 Å². The van der Waals surface area contributed by atoms with Gasteiger partial charge in [-0.2, -0.15) is 4.57 Å². The normalized spacial score (nSPS) is 12.4. The van der Waals surface area contributed by atoms with E-state index in [2.05, 4.69) is 82.7 Å². The number of para-hydroxylation sites is 1. The van der Waals surface area contributed by atoms with Crippen LogP contribution in [0.15, 0.2) is 60.9 Å². The van der Waals surface area contributed by atoms with Gasteiger partial charge in [-0.3, -0.25) is 4.98 Å². The molecule has 118 valence electrons. The van der Waals surface area contributed by atoms with Gasteiger partial charge in [0, 0.05) is 28.4 Å². The van der Waals surface area contributed by atoms with Crippen LogP contribution < -0.4 is 4.57 Å². The Morgan fingerprint density at radius 2 is 1.76 bits per heavy atom. The molecule has 0 aliphatic rings. The molecule has 3 heteroatoms. The lowest BCUT2D eigenvalue weighted by Gasteiger charge is -2.12. The Morgan fingerprint density at radius 1 is 0.880 bits per heavy atom. The number of aromatic nitrogens is 3. The molecule has 0 spiro atoms. The Labute approximate surface area is 144 Å². The maximum atomic E-state index is 4.63. The summed E-state index contributed by atoms with van der Waals surface area (Å²) in [6, 6.07) is 17.4. The number of fused-ring (bicyclic) bond motifs is 5. The van der Waals surface area contributed by atoms with E-state index in [1.165, 1.54) is 49.2 Å². The van der Waals surface area contributed by atoms with Crippen molar-refractivity contribution in [1.29, 1.82) is 0 Å².